The summed E-state index contributed by atoms with van der Waals surface area (Å²) in [5.74, 6) is -1.34. The Hall–Kier alpha value is -2.29. The summed E-state index contributed by atoms with van der Waals surface area (Å²) in [6, 6.07) is 6.44. The second-order valence-corrected chi connectivity index (χ2v) is 13.5. The number of nitrogens with zero attached hydrogens (tertiary/aromatic N) is 3. The van der Waals surface area contributed by atoms with E-state index < -0.39 is 27.4 Å². The highest BCUT2D eigenvalue weighted by Gasteiger charge is 2.77. The van der Waals surface area contributed by atoms with Crippen molar-refractivity contribution in [2.75, 3.05) is 38.2 Å². The molecule has 1 spiro atoms. The van der Waals surface area contributed by atoms with Gasteiger partial charge in [0.25, 0.3) is 5.91 Å². The fourth-order valence-corrected chi connectivity index (χ4v) is 9.28. The molecule has 3 fully saturated rings. The Labute approximate surface area is 241 Å². The molecular weight excluding hydrogens is 534 g/mol. The Morgan fingerprint density at radius 1 is 1.10 bits per heavy atom. The average Bonchev–Trinajstić information content (AvgIpc) is 3.48. The predicted octanol–water partition coefficient (Wildman–Crippen LogP) is 4.54. The van der Waals surface area contributed by atoms with Crippen LogP contribution in [0.4, 0.5) is 5.69 Å². The van der Waals surface area contributed by atoms with Crippen molar-refractivity contribution in [2.45, 2.75) is 61.0 Å². The summed E-state index contributed by atoms with van der Waals surface area (Å²) >= 11 is 7.82. The van der Waals surface area contributed by atoms with Gasteiger partial charge < -0.3 is 19.8 Å². The molecule has 5 atom stereocenters. The molecule has 7 nitrogen and oxygen atoms in total. The van der Waals surface area contributed by atoms with Gasteiger partial charge in [0, 0.05) is 48.7 Å². The van der Waals surface area contributed by atoms with Crippen LogP contribution in [0.25, 0.3) is 0 Å². The fraction of sp³-hybridized carbons (Fsp3) is 0.567. The van der Waals surface area contributed by atoms with E-state index in [4.69, 9.17) is 16.7 Å². The number of fused-ring (bicyclic) bond motifs is 1. The quantitative estimate of drug-likeness (QED) is 0.277. The highest BCUT2D eigenvalue weighted by Crippen LogP contribution is 2.71. The van der Waals surface area contributed by atoms with Gasteiger partial charge in [0.2, 0.25) is 11.8 Å². The first-order valence-corrected chi connectivity index (χ1v) is 15.0. The van der Waals surface area contributed by atoms with Crippen molar-refractivity contribution < 1.29 is 19.5 Å². The van der Waals surface area contributed by atoms with Crippen LogP contribution in [-0.4, -0.2) is 81.5 Å². The lowest BCUT2D eigenvalue weighted by Crippen LogP contribution is -2.55. The molecule has 39 heavy (non-hydrogen) atoms. The summed E-state index contributed by atoms with van der Waals surface area (Å²) in [6.45, 7) is 11.0. The Morgan fingerprint density at radius 2 is 1.77 bits per heavy atom. The number of likely N-dealkylation sites (tertiary alicyclic amines) is 1. The topological polar surface area (TPSA) is 81.2 Å². The molecule has 9 heteroatoms. The molecule has 3 heterocycles. The number of aliphatic hydroxyl groups is 1. The van der Waals surface area contributed by atoms with E-state index in [9.17, 15) is 14.4 Å². The normalized spacial score (nSPS) is 28.9. The molecular formula is C30H40ClN3O4S. The van der Waals surface area contributed by atoms with Crippen LogP contribution in [0.5, 0.6) is 0 Å². The van der Waals surface area contributed by atoms with E-state index in [-0.39, 0.29) is 24.3 Å². The van der Waals surface area contributed by atoms with Crippen LogP contribution >= 0.6 is 23.4 Å². The molecule has 4 rings (SSSR count). The van der Waals surface area contributed by atoms with Crippen molar-refractivity contribution in [3.63, 3.8) is 0 Å². The zero-order valence-corrected chi connectivity index (χ0v) is 24.6. The van der Waals surface area contributed by atoms with Crippen molar-refractivity contribution in [2.24, 2.45) is 11.8 Å². The highest BCUT2D eigenvalue weighted by atomic mass is 35.5. The van der Waals surface area contributed by atoms with E-state index in [1.807, 2.05) is 12.1 Å². The first-order chi connectivity index (χ1) is 18.6. The molecule has 1 N–H and O–H groups in total. The first-order valence-electron chi connectivity index (χ1n) is 13.8. The fourth-order valence-electron chi connectivity index (χ4n) is 6.81. The summed E-state index contributed by atoms with van der Waals surface area (Å²) in [5.41, 5.74) is 0.696. The minimum Gasteiger partial charge on any atom is -0.396 e. The average molecular weight is 574 g/mol. The zero-order chi connectivity index (χ0) is 28.4. The third-order valence-corrected chi connectivity index (χ3v) is 10.8. The van der Waals surface area contributed by atoms with Crippen LogP contribution in [0, 0.1) is 11.8 Å². The monoisotopic (exact) mass is 573 g/mol. The maximum absolute atomic E-state index is 14.6. The van der Waals surface area contributed by atoms with E-state index in [0.29, 0.717) is 43.2 Å². The number of hydrogen-bond acceptors (Lipinski definition) is 5. The van der Waals surface area contributed by atoms with Crippen molar-refractivity contribution >= 4 is 46.8 Å². The Balaban J connectivity index is 1.74. The highest BCUT2D eigenvalue weighted by molar-refractivity contribution is 8.02. The van der Waals surface area contributed by atoms with Gasteiger partial charge in [0.05, 0.1) is 16.6 Å². The van der Waals surface area contributed by atoms with Crippen LogP contribution in [0.15, 0.2) is 49.6 Å². The van der Waals surface area contributed by atoms with Crippen molar-refractivity contribution in [3.8, 4) is 0 Å². The van der Waals surface area contributed by atoms with Gasteiger partial charge >= 0.3 is 0 Å². The smallest absolute Gasteiger partial charge is 0.251 e. The molecule has 1 aromatic carbocycles. The van der Waals surface area contributed by atoms with Crippen LogP contribution in [0.3, 0.4) is 0 Å². The molecule has 2 bridgehead atoms. The summed E-state index contributed by atoms with van der Waals surface area (Å²) in [4.78, 5) is 47.7. The van der Waals surface area contributed by atoms with Crippen LogP contribution in [0.1, 0.15) is 45.4 Å². The lowest BCUT2D eigenvalue weighted by Gasteiger charge is -2.37. The molecule has 0 aliphatic carbocycles. The summed E-state index contributed by atoms with van der Waals surface area (Å²) in [6.07, 6.45) is 8.03. The summed E-state index contributed by atoms with van der Waals surface area (Å²) < 4.78 is -1.09. The van der Waals surface area contributed by atoms with E-state index in [1.165, 1.54) is 0 Å². The number of thioether (sulfide) groups is 1. The number of hydrogen-bond donors (Lipinski definition) is 1. The number of amides is 3. The molecule has 0 aromatic heterocycles. The molecule has 1 aromatic rings. The zero-order valence-electron chi connectivity index (χ0n) is 23.0. The van der Waals surface area contributed by atoms with Gasteiger partial charge in [-0.25, -0.2) is 0 Å². The van der Waals surface area contributed by atoms with Crippen molar-refractivity contribution in [3.05, 3.63) is 54.6 Å². The van der Waals surface area contributed by atoms with Gasteiger partial charge in [0.1, 0.15) is 6.04 Å². The Morgan fingerprint density at radius 3 is 2.41 bits per heavy atom. The number of anilines is 1. The van der Waals surface area contributed by atoms with Crippen molar-refractivity contribution in [1.82, 2.24) is 9.80 Å². The minimum atomic E-state index is -0.683. The van der Waals surface area contributed by atoms with E-state index in [2.05, 4.69) is 20.1 Å². The van der Waals surface area contributed by atoms with Gasteiger partial charge in [-0.05, 0) is 56.9 Å². The molecule has 212 valence electrons. The Bertz CT molecular complexity index is 1110. The third kappa shape index (κ3) is 5.27. The lowest BCUT2D eigenvalue weighted by molar-refractivity contribution is -0.144. The number of rotatable bonds is 13. The number of aliphatic hydroxyl groups excluding tert-OH is 1. The van der Waals surface area contributed by atoms with Gasteiger partial charge in [0.15, 0.2) is 0 Å². The van der Waals surface area contributed by atoms with E-state index in [0.717, 1.165) is 25.7 Å². The standard InChI is InChI=1S/C30H40ClN3O4S/c1-5-17-32(4)26(36)23-24-27(37)34(19-9-7-8-10-20-35)25(30(24)16-15-29(23,3)39-30)28(38)33(18-6-2)22-13-11-21(31)12-14-22/h5-6,11-14,23-25,35H,1-2,7-10,15-20H2,3-4H3/t23-,24+,25?,29+,30?/m1/s1. The molecule has 3 saturated heterocycles. The summed E-state index contributed by atoms with van der Waals surface area (Å²) in [7, 11) is 1.75. The van der Waals surface area contributed by atoms with Crippen LogP contribution in [0.2, 0.25) is 5.02 Å². The summed E-state index contributed by atoms with van der Waals surface area (Å²) in [5, 5.41) is 9.74. The van der Waals surface area contributed by atoms with Crippen molar-refractivity contribution in [1.29, 1.82) is 0 Å². The SMILES string of the molecule is C=CCN(C)C(=O)[C@H]1[C@H]2C(=O)N(CCCCCCO)C(C(=O)N(CC=C)c3ccc(Cl)cc3)C23CC[C@]1(C)S3. The van der Waals surface area contributed by atoms with E-state index in [1.54, 1.807) is 57.8 Å². The van der Waals surface area contributed by atoms with Crippen LogP contribution in [-0.2, 0) is 14.4 Å². The van der Waals surface area contributed by atoms with Gasteiger partial charge in [-0.1, -0.05) is 36.6 Å². The molecule has 3 aliphatic heterocycles. The lowest BCUT2D eigenvalue weighted by atomic mass is 9.66. The second kappa shape index (κ2) is 12.1. The molecule has 3 aliphatic rings. The maximum atomic E-state index is 14.6. The van der Waals surface area contributed by atoms with Gasteiger partial charge in [-0.3, -0.25) is 14.4 Å². The predicted molar refractivity (Wildman–Crippen MR) is 158 cm³/mol. The van der Waals surface area contributed by atoms with Gasteiger partial charge in [-0.2, -0.15) is 0 Å². The van der Waals surface area contributed by atoms with Crippen LogP contribution < -0.4 is 4.90 Å². The third-order valence-electron chi connectivity index (χ3n) is 8.58. The number of carbonyl (C=O) groups is 3. The number of unbranched alkanes of at least 4 members (excludes halogenated alkanes) is 3. The maximum Gasteiger partial charge on any atom is 0.251 e. The molecule has 3 amide bonds. The number of carbonyl (C=O) groups excluding carboxylic acids is 3. The number of likely N-dealkylation sites (N-methyl/N-ethyl adjacent to an activating group) is 1. The number of benzene rings is 1. The molecule has 0 saturated carbocycles. The number of halogens is 1. The second-order valence-electron chi connectivity index (χ2n) is 11.1. The largest absolute Gasteiger partial charge is 0.396 e. The minimum absolute atomic E-state index is 0.0542. The van der Waals surface area contributed by atoms with E-state index >= 15 is 0 Å². The Kier molecular flexibility index (Phi) is 9.19. The van der Waals surface area contributed by atoms with Gasteiger partial charge in [-0.15, -0.1) is 24.9 Å². The molecule has 2 unspecified atom stereocenters. The molecule has 0 radical (unpaired) electrons. The first kappa shape index (κ1) is 29.7.